The number of carbonyl (C=O) groups is 1. The van der Waals surface area contributed by atoms with E-state index in [1.807, 2.05) is 70.6 Å². The van der Waals surface area contributed by atoms with Crippen LogP contribution in [0.3, 0.4) is 0 Å². The highest BCUT2D eigenvalue weighted by atomic mass is 16.5. The maximum atomic E-state index is 13.2. The van der Waals surface area contributed by atoms with Crippen LogP contribution in [0.4, 0.5) is 17.1 Å². The van der Waals surface area contributed by atoms with E-state index >= 15 is 0 Å². The number of hydrogen-bond donors (Lipinski definition) is 0. The van der Waals surface area contributed by atoms with Crippen molar-refractivity contribution >= 4 is 28.9 Å². The number of hydrazone groups is 1. The van der Waals surface area contributed by atoms with Crippen molar-refractivity contribution in [3.8, 4) is 11.5 Å². The minimum Gasteiger partial charge on any atom is -0.493 e. The molecule has 1 aliphatic rings. The van der Waals surface area contributed by atoms with Crippen molar-refractivity contribution in [2.45, 2.75) is 26.9 Å². The van der Waals surface area contributed by atoms with Crippen LogP contribution in [-0.2, 0) is 9.53 Å². The van der Waals surface area contributed by atoms with E-state index in [0.29, 0.717) is 11.5 Å². The van der Waals surface area contributed by atoms with Crippen molar-refractivity contribution < 1.29 is 19.0 Å². The Labute approximate surface area is 218 Å². The van der Waals surface area contributed by atoms with Crippen molar-refractivity contribution in [1.82, 2.24) is 0 Å². The number of carbonyl (C=O) groups excluding carboxylic acids is 1. The fourth-order valence-corrected chi connectivity index (χ4v) is 4.52. The number of benzene rings is 3. The summed E-state index contributed by atoms with van der Waals surface area (Å²) in [6, 6.07) is 23.7. The second kappa shape index (κ2) is 11.7. The summed E-state index contributed by atoms with van der Waals surface area (Å²) in [4.78, 5) is 17.4. The standard InChI is InChI=1S/C29H34N4O4/c1-6-31(7-2)22-15-17-23(18-16-22)32-27(29(34)37-8-3)30-33(24-12-10-9-11-13-24)28(32)21-14-19-25(35-4)26(20-21)36-5/h9-20,28H,6-8H2,1-5H3/t28-/m1/s1. The maximum absolute atomic E-state index is 13.2. The average molecular weight is 503 g/mol. The first-order chi connectivity index (χ1) is 18.1. The van der Waals surface area contributed by atoms with Gasteiger partial charge in [0.05, 0.1) is 26.5 Å². The van der Waals surface area contributed by atoms with E-state index in [9.17, 15) is 4.79 Å². The third-order valence-corrected chi connectivity index (χ3v) is 6.35. The molecule has 3 aromatic rings. The zero-order chi connectivity index (χ0) is 26.4. The van der Waals surface area contributed by atoms with E-state index in [0.717, 1.165) is 35.7 Å². The van der Waals surface area contributed by atoms with Crippen LogP contribution >= 0.6 is 0 Å². The van der Waals surface area contributed by atoms with Gasteiger partial charge in [0.1, 0.15) is 0 Å². The molecular formula is C29H34N4O4. The lowest BCUT2D eigenvalue weighted by atomic mass is 10.1. The molecule has 0 spiro atoms. The minimum absolute atomic E-state index is 0.209. The molecule has 0 aliphatic carbocycles. The van der Waals surface area contributed by atoms with Gasteiger partial charge in [-0.3, -0.25) is 4.90 Å². The molecule has 0 saturated carbocycles. The molecule has 1 heterocycles. The van der Waals surface area contributed by atoms with Crippen LogP contribution in [0.5, 0.6) is 11.5 Å². The highest BCUT2D eigenvalue weighted by Crippen LogP contribution is 2.41. The van der Waals surface area contributed by atoms with Gasteiger partial charge in [0.2, 0.25) is 5.84 Å². The number of hydrogen-bond acceptors (Lipinski definition) is 8. The van der Waals surface area contributed by atoms with E-state index in [2.05, 4.69) is 30.9 Å². The van der Waals surface area contributed by atoms with Gasteiger partial charge in [-0.05, 0) is 69.3 Å². The Morgan fingerprint density at radius 3 is 2.14 bits per heavy atom. The second-order valence-electron chi connectivity index (χ2n) is 8.37. The molecule has 8 heteroatoms. The summed E-state index contributed by atoms with van der Waals surface area (Å²) in [7, 11) is 3.21. The van der Waals surface area contributed by atoms with Crippen molar-refractivity contribution in [3.63, 3.8) is 0 Å². The Hall–Kier alpha value is -4.20. The Kier molecular flexibility index (Phi) is 8.18. The first-order valence-corrected chi connectivity index (χ1v) is 12.5. The third kappa shape index (κ3) is 5.18. The monoisotopic (exact) mass is 502 g/mol. The second-order valence-corrected chi connectivity index (χ2v) is 8.37. The molecule has 4 rings (SSSR count). The lowest BCUT2D eigenvalue weighted by Gasteiger charge is -2.32. The molecular weight excluding hydrogens is 468 g/mol. The van der Waals surface area contributed by atoms with Crippen LogP contribution in [-0.4, -0.2) is 45.7 Å². The van der Waals surface area contributed by atoms with Gasteiger partial charge in [-0.1, -0.05) is 24.3 Å². The van der Waals surface area contributed by atoms with Gasteiger partial charge < -0.3 is 19.1 Å². The SMILES string of the molecule is CCOC(=O)C1=NN(c2ccccc2)[C@H](c2ccc(OC)c(OC)c2)N1c1ccc(N(CC)CC)cc1. The van der Waals surface area contributed by atoms with Crippen LogP contribution in [0, 0.1) is 0 Å². The first-order valence-electron chi connectivity index (χ1n) is 12.5. The summed E-state index contributed by atoms with van der Waals surface area (Å²) in [6.07, 6.45) is -0.471. The Balaban J connectivity index is 1.88. The van der Waals surface area contributed by atoms with Crippen LogP contribution in [0.15, 0.2) is 77.9 Å². The summed E-state index contributed by atoms with van der Waals surface area (Å²) >= 11 is 0. The zero-order valence-electron chi connectivity index (χ0n) is 22.0. The summed E-state index contributed by atoms with van der Waals surface area (Å²) in [5.74, 6) is 0.937. The van der Waals surface area contributed by atoms with Crippen molar-refractivity contribution in [1.29, 1.82) is 0 Å². The molecule has 0 saturated heterocycles. The van der Waals surface area contributed by atoms with Crippen LogP contribution in [0.2, 0.25) is 0 Å². The Bertz CT molecular complexity index is 1230. The van der Waals surface area contributed by atoms with Crippen LogP contribution in [0.1, 0.15) is 32.5 Å². The molecule has 0 fully saturated rings. The number of esters is 1. The number of para-hydroxylation sites is 1. The lowest BCUT2D eigenvalue weighted by molar-refractivity contribution is -0.135. The van der Waals surface area contributed by atoms with Gasteiger partial charge in [0.15, 0.2) is 17.7 Å². The van der Waals surface area contributed by atoms with Gasteiger partial charge >= 0.3 is 5.97 Å². The topological polar surface area (TPSA) is 66.8 Å². The van der Waals surface area contributed by atoms with E-state index in [1.165, 1.54) is 0 Å². The number of amidine groups is 1. The van der Waals surface area contributed by atoms with Gasteiger partial charge in [0.25, 0.3) is 0 Å². The maximum Gasteiger partial charge on any atom is 0.376 e. The molecule has 0 unspecified atom stereocenters. The van der Waals surface area contributed by atoms with Crippen LogP contribution < -0.4 is 24.3 Å². The molecule has 37 heavy (non-hydrogen) atoms. The Morgan fingerprint density at radius 2 is 1.54 bits per heavy atom. The average Bonchev–Trinajstić information content (AvgIpc) is 3.35. The van der Waals surface area contributed by atoms with E-state index in [-0.39, 0.29) is 12.4 Å². The van der Waals surface area contributed by atoms with E-state index < -0.39 is 12.1 Å². The molecule has 0 amide bonds. The molecule has 1 atom stereocenters. The molecule has 0 bridgehead atoms. The molecule has 0 aromatic heterocycles. The normalized spacial score (nSPS) is 14.8. The molecule has 1 aliphatic heterocycles. The summed E-state index contributed by atoms with van der Waals surface area (Å²) < 4.78 is 16.5. The minimum atomic E-state index is -0.487. The molecule has 0 N–H and O–H groups in total. The van der Waals surface area contributed by atoms with Gasteiger partial charge in [-0.25, -0.2) is 9.80 Å². The van der Waals surface area contributed by atoms with Crippen LogP contribution in [0.25, 0.3) is 0 Å². The highest BCUT2D eigenvalue weighted by molar-refractivity contribution is 6.42. The quantitative estimate of drug-likeness (QED) is 0.342. The van der Waals surface area contributed by atoms with E-state index in [4.69, 9.17) is 19.3 Å². The molecule has 0 radical (unpaired) electrons. The summed E-state index contributed by atoms with van der Waals surface area (Å²) in [5.41, 5.74) is 3.65. The van der Waals surface area contributed by atoms with Gasteiger partial charge in [0, 0.05) is 30.0 Å². The smallest absolute Gasteiger partial charge is 0.376 e. The predicted octanol–water partition coefficient (Wildman–Crippen LogP) is 5.45. The summed E-state index contributed by atoms with van der Waals surface area (Å²) in [5, 5.41) is 6.64. The molecule has 3 aromatic carbocycles. The first kappa shape index (κ1) is 25.9. The summed E-state index contributed by atoms with van der Waals surface area (Å²) in [6.45, 7) is 8.12. The molecule has 8 nitrogen and oxygen atoms in total. The van der Waals surface area contributed by atoms with Crippen molar-refractivity contribution in [2.75, 3.05) is 48.7 Å². The van der Waals surface area contributed by atoms with Crippen molar-refractivity contribution in [3.05, 3.63) is 78.4 Å². The lowest BCUT2D eigenvalue weighted by Crippen LogP contribution is -2.39. The number of rotatable bonds is 10. The van der Waals surface area contributed by atoms with Crippen molar-refractivity contribution in [2.24, 2.45) is 5.10 Å². The van der Waals surface area contributed by atoms with Gasteiger partial charge in [-0.15, -0.1) is 5.10 Å². The fraction of sp³-hybridized carbons (Fsp3) is 0.310. The van der Waals surface area contributed by atoms with Gasteiger partial charge in [-0.2, -0.15) is 0 Å². The predicted molar refractivity (Wildman–Crippen MR) is 148 cm³/mol. The molecule has 194 valence electrons. The van der Waals surface area contributed by atoms with E-state index in [1.54, 1.807) is 21.1 Å². The fourth-order valence-electron chi connectivity index (χ4n) is 4.52. The largest absolute Gasteiger partial charge is 0.493 e. The number of anilines is 3. The highest BCUT2D eigenvalue weighted by Gasteiger charge is 2.41. The number of methoxy groups -OCH3 is 2. The zero-order valence-corrected chi connectivity index (χ0v) is 22.0. The third-order valence-electron chi connectivity index (χ3n) is 6.35. The Morgan fingerprint density at radius 1 is 0.865 bits per heavy atom. The number of nitrogens with zero attached hydrogens (tertiary/aromatic N) is 4. The number of ether oxygens (including phenoxy) is 3.